The number of nitrogens with zero attached hydrogens (tertiary/aromatic N) is 5. The van der Waals surface area contributed by atoms with Gasteiger partial charge < -0.3 is 29.2 Å². The molecule has 1 N–H and O–H groups in total. The lowest BCUT2D eigenvalue weighted by Crippen LogP contribution is -2.54. The van der Waals surface area contributed by atoms with Crippen LogP contribution in [0.5, 0.6) is 0 Å². The normalized spacial score (nSPS) is 15.9. The van der Waals surface area contributed by atoms with Crippen LogP contribution in [0.25, 0.3) is 11.1 Å². The average molecular weight is 731 g/mol. The van der Waals surface area contributed by atoms with E-state index in [2.05, 4.69) is 82.7 Å². The molecular formula is C43H50N6O5. The van der Waals surface area contributed by atoms with Gasteiger partial charge in [-0.05, 0) is 107 Å². The summed E-state index contributed by atoms with van der Waals surface area (Å²) < 4.78 is 12.1. The van der Waals surface area contributed by atoms with Crippen molar-refractivity contribution in [2.75, 3.05) is 43.5 Å². The van der Waals surface area contributed by atoms with Crippen LogP contribution in [-0.4, -0.2) is 80.5 Å². The number of rotatable bonds is 17. The van der Waals surface area contributed by atoms with Crippen LogP contribution in [0, 0.1) is 32.1 Å². The topological polar surface area (TPSA) is 132 Å². The Morgan fingerprint density at radius 2 is 1.85 bits per heavy atom. The number of anilines is 3. The maximum Gasteiger partial charge on any atom is 0.237 e. The summed E-state index contributed by atoms with van der Waals surface area (Å²) in [5.74, 6) is 0.617. The Morgan fingerprint density at radius 3 is 2.46 bits per heavy atom. The maximum atomic E-state index is 12.5. The molecule has 1 aliphatic heterocycles. The molecule has 2 aliphatic rings. The Bertz CT molecular complexity index is 2010. The number of aromatic nitrogens is 1. The molecule has 0 bridgehead atoms. The van der Waals surface area contributed by atoms with Crippen molar-refractivity contribution in [1.82, 2.24) is 15.4 Å². The zero-order valence-electron chi connectivity index (χ0n) is 32.1. The molecule has 2 fully saturated rings. The predicted octanol–water partition coefficient (Wildman–Crippen LogP) is 6.59. The number of nitrogens with one attached hydrogen (secondary N) is 1. The van der Waals surface area contributed by atoms with E-state index < -0.39 is 6.04 Å². The van der Waals surface area contributed by atoms with E-state index in [9.17, 15) is 19.6 Å². The molecule has 3 aromatic carbocycles. The molecule has 0 spiro atoms. The molecule has 2 unspecified atom stereocenters. The van der Waals surface area contributed by atoms with E-state index in [1.165, 1.54) is 0 Å². The fourth-order valence-corrected chi connectivity index (χ4v) is 7.56. The predicted molar refractivity (Wildman–Crippen MR) is 209 cm³/mol. The van der Waals surface area contributed by atoms with Gasteiger partial charge in [0, 0.05) is 67.8 Å². The van der Waals surface area contributed by atoms with Gasteiger partial charge in [-0.25, -0.2) is 0 Å². The van der Waals surface area contributed by atoms with Gasteiger partial charge >= 0.3 is 0 Å². The van der Waals surface area contributed by atoms with Crippen LogP contribution in [-0.2, 0) is 26.3 Å². The number of ether oxygens (including phenoxy) is 1. The van der Waals surface area contributed by atoms with E-state index >= 15 is 0 Å². The van der Waals surface area contributed by atoms with Crippen LogP contribution in [0.1, 0.15) is 71.1 Å². The fourth-order valence-electron chi connectivity index (χ4n) is 7.56. The summed E-state index contributed by atoms with van der Waals surface area (Å²) in [7, 11) is 3.41. The Balaban J connectivity index is 1.15. The molecule has 1 amide bonds. The molecule has 1 aromatic heterocycles. The van der Waals surface area contributed by atoms with Crippen molar-refractivity contribution in [3.05, 3.63) is 94.4 Å². The molecule has 0 radical (unpaired) electrons. The van der Waals surface area contributed by atoms with Gasteiger partial charge in [-0.1, -0.05) is 35.5 Å². The standard InChI is InChI=1S/C43H50N6O5/c1-28-9-10-32(41-30(3)46-54-31(41)4)21-40(28)49(36-15-12-35(13-16-36)43(27-44)17-18-43)22-29(2)53-38-24-48(25-38)37-14-11-33(34(20-37)26-51)23-47(6)39(8-7-19-50)42(52)45-5/h9-16,19-21,26,29,38-39H,7-8,17-18,22-25H2,1-6H3,(H,45,52). The first-order valence-electron chi connectivity index (χ1n) is 18.7. The van der Waals surface area contributed by atoms with E-state index in [0.29, 0.717) is 38.2 Å². The van der Waals surface area contributed by atoms with Gasteiger partial charge in [0.05, 0.1) is 35.4 Å². The van der Waals surface area contributed by atoms with Gasteiger partial charge in [0.2, 0.25) is 5.91 Å². The molecule has 282 valence electrons. The van der Waals surface area contributed by atoms with Crippen molar-refractivity contribution in [1.29, 1.82) is 5.26 Å². The highest BCUT2D eigenvalue weighted by Crippen LogP contribution is 2.48. The minimum Gasteiger partial charge on any atom is -0.370 e. The molecular weight excluding hydrogens is 681 g/mol. The van der Waals surface area contributed by atoms with Crippen LogP contribution in [0.2, 0.25) is 0 Å². The molecule has 11 heteroatoms. The van der Waals surface area contributed by atoms with Crippen molar-refractivity contribution in [2.45, 2.75) is 83.6 Å². The SMILES string of the molecule is CNC(=O)C(CCC=O)N(C)Cc1ccc(N2CC(OC(C)CN(c3ccc(C4(C#N)CC4)cc3)c3cc(-c4c(C)noc4C)ccc3C)C2)cc1C=O. The van der Waals surface area contributed by atoms with Crippen LogP contribution in [0.3, 0.4) is 0 Å². The van der Waals surface area contributed by atoms with Gasteiger partial charge in [-0.2, -0.15) is 5.26 Å². The fraction of sp³-hybridized carbons (Fsp3) is 0.419. The highest BCUT2D eigenvalue weighted by Gasteiger charge is 2.44. The second-order valence-electron chi connectivity index (χ2n) is 14.8. The average Bonchev–Trinajstić information content (AvgIpc) is 3.89. The van der Waals surface area contributed by atoms with E-state index in [-0.39, 0.29) is 30.0 Å². The molecule has 4 aromatic rings. The van der Waals surface area contributed by atoms with E-state index in [0.717, 1.165) is 81.7 Å². The van der Waals surface area contributed by atoms with Crippen LogP contribution >= 0.6 is 0 Å². The third kappa shape index (κ3) is 8.10. The number of carbonyl (C=O) groups excluding carboxylic acids is 3. The number of amides is 1. The summed E-state index contributed by atoms with van der Waals surface area (Å²) in [6, 6.07) is 22.7. The Kier molecular flexibility index (Phi) is 11.6. The van der Waals surface area contributed by atoms with Gasteiger partial charge in [0.1, 0.15) is 18.3 Å². The van der Waals surface area contributed by atoms with E-state index in [1.54, 1.807) is 7.05 Å². The summed E-state index contributed by atoms with van der Waals surface area (Å²) >= 11 is 0. The second-order valence-corrected chi connectivity index (χ2v) is 14.8. The molecule has 1 saturated heterocycles. The lowest BCUT2D eigenvalue weighted by Gasteiger charge is -2.42. The first-order valence-corrected chi connectivity index (χ1v) is 18.7. The minimum atomic E-state index is -0.474. The quantitative estimate of drug-likeness (QED) is 0.119. The highest BCUT2D eigenvalue weighted by atomic mass is 16.5. The zero-order valence-corrected chi connectivity index (χ0v) is 32.1. The number of carbonyl (C=O) groups is 3. The van der Waals surface area contributed by atoms with Crippen molar-refractivity contribution >= 4 is 35.5 Å². The van der Waals surface area contributed by atoms with E-state index in [1.807, 2.05) is 44.0 Å². The van der Waals surface area contributed by atoms with Crippen LogP contribution < -0.4 is 15.1 Å². The highest BCUT2D eigenvalue weighted by molar-refractivity contribution is 5.82. The van der Waals surface area contributed by atoms with Crippen LogP contribution in [0.15, 0.2) is 65.2 Å². The number of nitriles is 1. The molecule has 6 rings (SSSR count). The van der Waals surface area contributed by atoms with Crippen molar-refractivity contribution < 1.29 is 23.6 Å². The lowest BCUT2D eigenvalue weighted by molar-refractivity contribution is -0.126. The Labute approximate surface area is 317 Å². The second kappa shape index (κ2) is 16.4. The van der Waals surface area contributed by atoms with Gasteiger partial charge in [-0.15, -0.1) is 0 Å². The number of benzene rings is 3. The number of aldehydes is 2. The van der Waals surface area contributed by atoms with Crippen molar-refractivity contribution in [3.63, 3.8) is 0 Å². The monoisotopic (exact) mass is 730 g/mol. The summed E-state index contributed by atoms with van der Waals surface area (Å²) in [5, 5.41) is 16.7. The first kappa shape index (κ1) is 38.4. The molecule has 11 nitrogen and oxygen atoms in total. The van der Waals surface area contributed by atoms with Gasteiger partial charge in [-0.3, -0.25) is 14.5 Å². The molecule has 2 atom stereocenters. The Hall–Kier alpha value is -5.31. The molecule has 1 saturated carbocycles. The number of likely N-dealkylation sites (N-methyl/N-ethyl adjacent to an activating group) is 2. The minimum absolute atomic E-state index is 0.0148. The summed E-state index contributed by atoms with van der Waals surface area (Å²) in [6.07, 6.45) is 4.05. The number of aryl methyl sites for hydroxylation is 3. The van der Waals surface area contributed by atoms with E-state index in [4.69, 9.17) is 9.26 Å². The zero-order chi connectivity index (χ0) is 38.6. The summed E-state index contributed by atoms with van der Waals surface area (Å²) in [4.78, 5) is 42.0. The summed E-state index contributed by atoms with van der Waals surface area (Å²) in [6.45, 7) is 10.5. The van der Waals surface area contributed by atoms with Gasteiger partial charge in [0.25, 0.3) is 0 Å². The third-order valence-corrected chi connectivity index (χ3v) is 10.9. The molecule has 1 aliphatic carbocycles. The van der Waals surface area contributed by atoms with Gasteiger partial charge in [0.15, 0.2) is 0 Å². The van der Waals surface area contributed by atoms with Crippen molar-refractivity contribution in [2.24, 2.45) is 0 Å². The third-order valence-electron chi connectivity index (χ3n) is 10.9. The smallest absolute Gasteiger partial charge is 0.237 e. The van der Waals surface area contributed by atoms with Crippen molar-refractivity contribution in [3.8, 4) is 17.2 Å². The molecule has 54 heavy (non-hydrogen) atoms. The summed E-state index contributed by atoms with van der Waals surface area (Å²) in [5.41, 5.74) is 9.13. The lowest BCUT2D eigenvalue weighted by atomic mass is 9.97. The first-order chi connectivity index (χ1) is 26.0. The number of hydrogen-bond acceptors (Lipinski definition) is 10. The largest absolute Gasteiger partial charge is 0.370 e. The number of hydrogen-bond donors (Lipinski definition) is 1. The molecule has 2 heterocycles. The maximum absolute atomic E-state index is 12.5. The Morgan fingerprint density at radius 1 is 1.11 bits per heavy atom. The van der Waals surface area contributed by atoms with Crippen LogP contribution in [0.4, 0.5) is 17.1 Å².